The Hall–Kier alpha value is -1.68. The van der Waals surface area contributed by atoms with E-state index in [1.807, 2.05) is 0 Å². The van der Waals surface area contributed by atoms with E-state index in [1.54, 1.807) is 0 Å². The van der Waals surface area contributed by atoms with Gasteiger partial charge in [0.25, 0.3) is 0 Å². The van der Waals surface area contributed by atoms with E-state index in [-0.39, 0.29) is 18.1 Å². The minimum Gasteiger partial charge on any atom is -0.446 e. The number of amides is 2. The van der Waals surface area contributed by atoms with Crippen molar-refractivity contribution < 1.29 is 33.3 Å². The molecule has 2 amide bonds. The molecule has 1 atom stereocenters. The lowest BCUT2D eigenvalue weighted by Crippen LogP contribution is -2.31. The van der Waals surface area contributed by atoms with E-state index in [0.717, 1.165) is 51.5 Å². The van der Waals surface area contributed by atoms with Gasteiger partial charge in [-0.25, -0.2) is 4.79 Å². The van der Waals surface area contributed by atoms with Crippen LogP contribution in [0.25, 0.3) is 0 Å². The number of rotatable bonds is 19. The first-order valence-corrected chi connectivity index (χ1v) is 12.4. The van der Waals surface area contributed by atoms with Crippen molar-refractivity contribution in [1.29, 1.82) is 0 Å². The molecular formula is C24H44N2O7. The zero-order valence-electron chi connectivity index (χ0n) is 20.3. The average Bonchev–Trinajstić information content (AvgIpc) is 2.78. The third-order valence-electron chi connectivity index (χ3n) is 4.95. The lowest BCUT2D eigenvalue weighted by atomic mass is 10.0. The fourth-order valence-electron chi connectivity index (χ4n) is 3.08. The Labute approximate surface area is 198 Å². The van der Waals surface area contributed by atoms with Crippen LogP contribution in [0.5, 0.6) is 0 Å². The third-order valence-corrected chi connectivity index (χ3v) is 4.95. The summed E-state index contributed by atoms with van der Waals surface area (Å²) in [6.45, 7) is 6.85. The first kappa shape index (κ1) is 29.4. The van der Waals surface area contributed by atoms with Crippen LogP contribution < -0.4 is 10.6 Å². The molecule has 0 aromatic rings. The van der Waals surface area contributed by atoms with Gasteiger partial charge in [-0.15, -0.1) is 0 Å². The van der Waals surface area contributed by atoms with Gasteiger partial charge in [-0.05, 0) is 38.5 Å². The van der Waals surface area contributed by atoms with Crippen LogP contribution in [0.3, 0.4) is 0 Å². The molecule has 0 aromatic carbocycles. The van der Waals surface area contributed by atoms with Gasteiger partial charge in [0.05, 0.1) is 52.9 Å². The maximum absolute atomic E-state index is 11.8. The molecule has 0 fully saturated rings. The fraction of sp³-hybridized carbons (Fsp3) is 0.833. The molecule has 0 aromatic heterocycles. The van der Waals surface area contributed by atoms with Gasteiger partial charge in [-0.3, -0.25) is 4.79 Å². The highest BCUT2D eigenvalue weighted by molar-refractivity contribution is 5.75. The van der Waals surface area contributed by atoms with Crippen molar-refractivity contribution in [3.63, 3.8) is 0 Å². The topological polar surface area (TPSA) is 104 Å². The van der Waals surface area contributed by atoms with Gasteiger partial charge in [0, 0.05) is 19.5 Å². The molecule has 1 aliphatic carbocycles. The molecule has 1 aliphatic rings. The third kappa shape index (κ3) is 19.5. The van der Waals surface area contributed by atoms with Crippen molar-refractivity contribution in [3.8, 4) is 0 Å². The zero-order valence-corrected chi connectivity index (χ0v) is 20.3. The predicted octanol–water partition coefficient (Wildman–Crippen LogP) is 2.97. The molecule has 1 unspecified atom stereocenters. The molecule has 0 radical (unpaired) electrons. The van der Waals surface area contributed by atoms with E-state index >= 15 is 0 Å². The highest BCUT2D eigenvalue weighted by Crippen LogP contribution is 2.15. The monoisotopic (exact) mass is 472 g/mol. The van der Waals surface area contributed by atoms with E-state index in [4.69, 9.17) is 23.7 Å². The highest BCUT2D eigenvalue weighted by Gasteiger charge is 2.14. The summed E-state index contributed by atoms with van der Waals surface area (Å²) in [5, 5.41) is 5.58. The summed E-state index contributed by atoms with van der Waals surface area (Å²) in [6.07, 6.45) is 11.3. The smallest absolute Gasteiger partial charge is 0.407 e. The molecule has 9 nitrogen and oxygen atoms in total. The second-order valence-corrected chi connectivity index (χ2v) is 7.84. The Morgan fingerprint density at radius 2 is 1.42 bits per heavy atom. The number of nitrogens with one attached hydrogen (secondary N) is 2. The van der Waals surface area contributed by atoms with Crippen LogP contribution in [0, 0.1) is 0 Å². The van der Waals surface area contributed by atoms with Crippen LogP contribution in [0.4, 0.5) is 4.79 Å². The molecule has 0 saturated heterocycles. The lowest BCUT2D eigenvalue weighted by Gasteiger charge is -2.18. The molecular weight excluding hydrogens is 428 g/mol. The van der Waals surface area contributed by atoms with Crippen LogP contribution in [-0.4, -0.2) is 84.0 Å². The summed E-state index contributed by atoms with van der Waals surface area (Å²) in [4.78, 5) is 23.3. The number of hydrogen-bond donors (Lipinski definition) is 2. The number of hydrogen-bond acceptors (Lipinski definition) is 7. The zero-order chi connectivity index (χ0) is 23.8. The van der Waals surface area contributed by atoms with Gasteiger partial charge in [-0.1, -0.05) is 25.5 Å². The van der Waals surface area contributed by atoms with Crippen molar-refractivity contribution in [2.24, 2.45) is 0 Å². The number of ether oxygens (including phenoxy) is 5. The number of alkyl carbamates (subject to hydrolysis) is 1. The second kappa shape index (κ2) is 22.1. The van der Waals surface area contributed by atoms with Crippen molar-refractivity contribution >= 4 is 12.0 Å². The van der Waals surface area contributed by atoms with Crippen molar-refractivity contribution in [1.82, 2.24) is 10.6 Å². The van der Waals surface area contributed by atoms with Crippen molar-refractivity contribution in [2.45, 2.75) is 64.4 Å². The summed E-state index contributed by atoms with van der Waals surface area (Å²) in [5.74, 6) is 0.0266. The van der Waals surface area contributed by atoms with Crippen molar-refractivity contribution in [2.75, 3.05) is 65.9 Å². The van der Waals surface area contributed by atoms with Crippen LogP contribution in [-0.2, 0) is 28.5 Å². The Morgan fingerprint density at radius 3 is 2.12 bits per heavy atom. The summed E-state index contributed by atoms with van der Waals surface area (Å²) in [6, 6.07) is 0. The Balaban J connectivity index is 1.77. The van der Waals surface area contributed by atoms with Crippen LogP contribution in [0.2, 0.25) is 0 Å². The van der Waals surface area contributed by atoms with E-state index in [9.17, 15) is 9.59 Å². The molecule has 0 heterocycles. The fourth-order valence-corrected chi connectivity index (χ4v) is 3.08. The standard InChI is InChI=1S/C24H44N2O7/c1-2-3-12-25-23(27)11-14-29-16-18-31-20-21-32-19-17-30-15-13-26-24(28)33-22-9-7-5-4-6-8-10-22/h4-5,22H,2-3,6-21H2,1H3,(H,25,27)(H,26,28)/b5-4+. The number of unbranched alkanes of at least 4 members (excludes halogenated alkanes) is 1. The normalized spacial score (nSPS) is 17.1. The number of carbonyl (C=O) groups excluding carboxylic acids is 2. The summed E-state index contributed by atoms with van der Waals surface area (Å²) in [7, 11) is 0. The maximum Gasteiger partial charge on any atom is 0.407 e. The first-order valence-electron chi connectivity index (χ1n) is 12.4. The van der Waals surface area contributed by atoms with Gasteiger partial charge < -0.3 is 34.3 Å². The van der Waals surface area contributed by atoms with E-state index in [1.165, 1.54) is 0 Å². The Kier molecular flexibility index (Phi) is 19.7. The molecule has 2 N–H and O–H groups in total. The second-order valence-electron chi connectivity index (χ2n) is 7.84. The van der Waals surface area contributed by atoms with Gasteiger partial charge in [0.15, 0.2) is 0 Å². The SMILES string of the molecule is CCCCNC(=O)CCOCCOCCOCCOCCNC(=O)OC1CC/C=C/CCC1. The Bertz CT molecular complexity index is 517. The molecule has 0 spiro atoms. The number of allylic oxidation sites excluding steroid dienone is 2. The molecule has 9 heteroatoms. The average molecular weight is 473 g/mol. The maximum atomic E-state index is 11.8. The number of carbonyl (C=O) groups is 2. The summed E-state index contributed by atoms with van der Waals surface area (Å²) >= 11 is 0. The molecule has 0 saturated carbocycles. The molecule has 33 heavy (non-hydrogen) atoms. The predicted molar refractivity (Wildman–Crippen MR) is 126 cm³/mol. The van der Waals surface area contributed by atoms with E-state index < -0.39 is 0 Å². The first-order chi connectivity index (χ1) is 16.2. The molecule has 1 rings (SSSR count). The van der Waals surface area contributed by atoms with Gasteiger partial charge >= 0.3 is 6.09 Å². The largest absolute Gasteiger partial charge is 0.446 e. The minimum atomic E-state index is -0.374. The van der Waals surface area contributed by atoms with Crippen molar-refractivity contribution in [3.05, 3.63) is 12.2 Å². The molecule has 0 aliphatic heterocycles. The van der Waals surface area contributed by atoms with Crippen LogP contribution in [0.15, 0.2) is 12.2 Å². The van der Waals surface area contributed by atoms with Gasteiger partial charge in [0.1, 0.15) is 6.10 Å². The Morgan fingerprint density at radius 1 is 0.788 bits per heavy atom. The quantitative estimate of drug-likeness (QED) is 0.220. The molecule has 192 valence electrons. The van der Waals surface area contributed by atoms with Crippen LogP contribution in [0.1, 0.15) is 58.3 Å². The minimum absolute atomic E-state index is 0.000119. The molecule has 0 bridgehead atoms. The van der Waals surface area contributed by atoms with E-state index in [0.29, 0.717) is 65.8 Å². The highest BCUT2D eigenvalue weighted by atomic mass is 16.6. The van der Waals surface area contributed by atoms with Crippen LogP contribution >= 0.6 is 0 Å². The van der Waals surface area contributed by atoms with E-state index in [2.05, 4.69) is 29.7 Å². The van der Waals surface area contributed by atoms with Gasteiger partial charge in [0.2, 0.25) is 5.91 Å². The lowest BCUT2D eigenvalue weighted by molar-refractivity contribution is -0.122. The van der Waals surface area contributed by atoms with Gasteiger partial charge in [-0.2, -0.15) is 0 Å². The summed E-state index contributed by atoms with van der Waals surface area (Å²) < 4.78 is 27.1. The summed E-state index contributed by atoms with van der Waals surface area (Å²) in [5.41, 5.74) is 0.